The molecule has 4 nitrogen and oxygen atoms in total. The molecule has 0 saturated heterocycles. The van der Waals surface area contributed by atoms with Gasteiger partial charge in [0.1, 0.15) is 5.82 Å². The predicted octanol–water partition coefficient (Wildman–Crippen LogP) is 3.09. The Balaban J connectivity index is 2.32. The quantitative estimate of drug-likeness (QED) is 0.942. The summed E-state index contributed by atoms with van der Waals surface area (Å²) in [6.45, 7) is 2.52. The van der Waals surface area contributed by atoms with Gasteiger partial charge in [0, 0.05) is 16.0 Å². The van der Waals surface area contributed by atoms with Gasteiger partial charge in [0.15, 0.2) is 0 Å². The van der Waals surface area contributed by atoms with Crippen LogP contribution < -0.4 is 5.73 Å². The average Bonchev–Trinajstić information content (AvgIpc) is 2.82. The first-order valence-electron chi connectivity index (χ1n) is 5.61. The normalized spacial score (nSPS) is 12.7. The molecule has 1 aromatic heterocycles. The first-order chi connectivity index (χ1) is 8.61. The van der Waals surface area contributed by atoms with Crippen molar-refractivity contribution in [2.24, 2.45) is 5.73 Å². The van der Waals surface area contributed by atoms with Crippen molar-refractivity contribution in [3.05, 3.63) is 34.4 Å². The summed E-state index contributed by atoms with van der Waals surface area (Å²) in [5, 5.41) is 3.87. The minimum Gasteiger partial charge on any atom is -0.339 e. The summed E-state index contributed by atoms with van der Waals surface area (Å²) < 4.78 is 19.1. The van der Waals surface area contributed by atoms with Crippen LogP contribution in [-0.4, -0.2) is 16.7 Å². The Kier molecular flexibility index (Phi) is 4.08. The summed E-state index contributed by atoms with van der Waals surface area (Å²) in [5.74, 6) is 0.657. The van der Waals surface area contributed by atoms with Crippen LogP contribution in [-0.2, 0) is 0 Å². The van der Waals surface area contributed by atoms with Crippen molar-refractivity contribution in [3.8, 4) is 11.4 Å². The van der Waals surface area contributed by atoms with Crippen LogP contribution in [0.4, 0.5) is 4.39 Å². The Morgan fingerprint density at radius 1 is 1.50 bits per heavy atom. The van der Waals surface area contributed by atoms with Crippen LogP contribution in [0.5, 0.6) is 0 Å². The van der Waals surface area contributed by atoms with E-state index in [-0.39, 0.29) is 11.7 Å². The van der Waals surface area contributed by atoms with Crippen molar-refractivity contribution in [2.45, 2.75) is 19.3 Å². The third-order valence-electron chi connectivity index (χ3n) is 2.63. The molecule has 0 aliphatic carbocycles. The van der Waals surface area contributed by atoms with Crippen LogP contribution in [0.2, 0.25) is 0 Å². The molecule has 2 aromatic rings. The molecule has 6 heteroatoms. The lowest BCUT2D eigenvalue weighted by Gasteiger charge is -2.02. The highest BCUT2D eigenvalue weighted by atomic mass is 79.9. The number of halogens is 2. The van der Waals surface area contributed by atoms with E-state index in [0.29, 0.717) is 23.8 Å². The molecule has 1 unspecified atom stereocenters. The van der Waals surface area contributed by atoms with Gasteiger partial charge in [0.25, 0.3) is 0 Å². The van der Waals surface area contributed by atoms with Gasteiger partial charge in [0.2, 0.25) is 11.7 Å². The Morgan fingerprint density at radius 2 is 2.28 bits per heavy atom. The SMILES string of the molecule is CC(CCN)c1nc(-c2cc(F)ccc2Br)no1. The van der Waals surface area contributed by atoms with Gasteiger partial charge in [0.05, 0.1) is 0 Å². The van der Waals surface area contributed by atoms with Gasteiger partial charge in [-0.3, -0.25) is 0 Å². The zero-order chi connectivity index (χ0) is 13.1. The van der Waals surface area contributed by atoms with Crippen LogP contribution in [0, 0.1) is 5.82 Å². The molecule has 1 heterocycles. The molecule has 18 heavy (non-hydrogen) atoms. The highest BCUT2D eigenvalue weighted by molar-refractivity contribution is 9.10. The molecule has 0 bridgehead atoms. The lowest BCUT2D eigenvalue weighted by atomic mass is 10.1. The first-order valence-corrected chi connectivity index (χ1v) is 6.40. The fraction of sp³-hybridized carbons (Fsp3) is 0.333. The topological polar surface area (TPSA) is 64.9 Å². The second-order valence-corrected chi connectivity index (χ2v) is 4.91. The molecule has 0 radical (unpaired) electrons. The third-order valence-corrected chi connectivity index (χ3v) is 3.32. The molecule has 2 rings (SSSR count). The van der Waals surface area contributed by atoms with Crippen molar-refractivity contribution < 1.29 is 8.91 Å². The standard InChI is InChI=1S/C12H13BrFN3O/c1-7(4-5-15)12-16-11(17-18-12)9-6-8(14)2-3-10(9)13/h2-3,6-7H,4-5,15H2,1H3. The summed E-state index contributed by atoms with van der Waals surface area (Å²) in [5.41, 5.74) is 6.06. The Bertz CT molecular complexity index is 544. The molecule has 2 N–H and O–H groups in total. The van der Waals surface area contributed by atoms with Crippen molar-refractivity contribution in [1.29, 1.82) is 0 Å². The molecule has 0 saturated carbocycles. The second kappa shape index (κ2) is 5.58. The highest BCUT2D eigenvalue weighted by Gasteiger charge is 2.16. The number of benzene rings is 1. The summed E-state index contributed by atoms with van der Waals surface area (Å²) in [7, 11) is 0. The molecule has 0 fully saturated rings. The number of nitrogens with zero attached hydrogens (tertiary/aromatic N) is 2. The molecule has 0 aliphatic rings. The second-order valence-electron chi connectivity index (χ2n) is 4.06. The van der Waals surface area contributed by atoms with Crippen LogP contribution in [0.15, 0.2) is 27.2 Å². The molecule has 96 valence electrons. The van der Waals surface area contributed by atoms with Crippen molar-refractivity contribution in [2.75, 3.05) is 6.54 Å². The summed E-state index contributed by atoms with van der Waals surface area (Å²) in [4.78, 5) is 4.27. The largest absolute Gasteiger partial charge is 0.339 e. The Morgan fingerprint density at radius 3 is 3.00 bits per heavy atom. The molecule has 0 spiro atoms. The molecular formula is C12H13BrFN3O. The Labute approximate surface area is 113 Å². The summed E-state index contributed by atoms with van der Waals surface area (Å²) in [6.07, 6.45) is 0.770. The number of rotatable bonds is 4. The van der Waals surface area contributed by atoms with Gasteiger partial charge in [-0.25, -0.2) is 4.39 Å². The highest BCUT2D eigenvalue weighted by Crippen LogP contribution is 2.28. The van der Waals surface area contributed by atoms with Gasteiger partial charge in [-0.05, 0) is 31.2 Å². The van der Waals surface area contributed by atoms with Crippen LogP contribution >= 0.6 is 15.9 Å². The minimum atomic E-state index is -0.338. The predicted molar refractivity (Wildman–Crippen MR) is 69.5 cm³/mol. The fourth-order valence-corrected chi connectivity index (χ4v) is 2.01. The number of nitrogens with two attached hydrogens (primary N) is 1. The van der Waals surface area contributed by atoms with Crippen molar-refractivity contribution >= 4 is 15.9 Å². The van der Waals surface area contributed by atoms with Crippen LogP contribution in [0.25, 0.3) is 11.4 Å². The van der Waals surface area contributed by atoms with E-state index in [4.69, 9.17) is 10.3 Å². The zero-order valence-electron chi connectivity index (χ0n) is 9.86. The number of hydrogen-bond acceptors (Lipinski definition) is 4. The number of hydrogen-bond donors (Lipinski definition) is 1. The summed E-state index contributed by atoms with van der Waals surface area (Å²) in [6, 6.07) is 4.35. The zero-order valence-corrected chi connectivity index (χ0v) is 11.4. The maximum Gasteiger partial charge on any atom is 0.229 e. The minimum absolute atomic E-state index is 0.101. The van der Waals surface area contributed by atoms with Crippen LogP contribution in [0.3, 0.4) is 0 Å². The van der Waals surface area contributed by atoms with Gasteiger partial charge in [-0.1, -0.05) is 28.0 Å². The van der Waals surface area contributed by atoms with E-state index >= 15 is 0 Å². The van der Waals surface area contributed by atoms with Gasteiger partial charge >= 0.3 is 0 Å². The van der Waals surface area contributed by atoms with E-state index < -0.39 is 0 Å². The van der Waals surface area contributed by atoms with E-state index in [1.54, 1.807) is 6.07 Å². The van der Waals surface area contributed by atoms with E-state index in [0.717, 1.165) is 10.9 Å². The fourth-order valence-electron chi connectivity index (χ4n) is 1.59. The molecule has 0 amide bonds. The van der Waals surface area contributed by atoms with E-state index in [1.807, 2.05) is 6.92 Å². The average molecular weight is 314 g/mol. The first kappa shape index (κ1) is 13.2. The van der Waals surface area contributed by atoms with Crippen molar-refractivity contribution in [3.63, 3.8) is 0 Å². The summed E-state index contributed by atoms with van der Waals surface area (Å²) >= 11 is 3.34. The van der Waals surface area contributed by atoms with Gasteiger partial charge in [-0.15, -0.1) is 0 Å². The molecule has 1 aromatic carbocycles. The molecule has 1 atom stereocenters. The maximum atomic E-state index is 13.2. The lowest BCUT2D eigenvalue weighted by molar-refractivity contribution is 0.355. The molecular weight excluding hydrogens is 301 g/mol. The Hall–Kier alpha value is -1.27. The third kappa shape index (κ3) is 2.76. The van der Waals surface area contributed by atoms with E-state index in [1.165, 1.54) is 12.1 Å². The number of aromatic nitrogens is 2. The van der Waals surface area contributed by atoms with E-state index in [2.05, 4.69) is 26.1 Å². The van der Waals surface area contributed by atoms with E-state index in [9.17, 15) is 4.39 Å². The van der Waals surface area contributed by atoms with Crippen LogP contribution in [0.1, 0.15) is 25.2 Å². The van der Waals surface area contributed by atoms with Crippen molar-refractivity contribution in [1.82, 2.24) is 10.1 Å². The molecule has 0 aliphatic heterocycles. The van der Waals surface area contributed by atoms with Gasteiger partial charge < -0.3 is 10.3 Å². The lowest BCUT2D eigenvalue weighted by Crippen LogP contribution is -2.04. The van der Waals surface area contributed by atoms with Gasteiger partial charge in [-0.2, -0.15) is 4.98 Å². The maximum absolute atomic E-state index is 13.2. The monoisotopic (exact) mass is 313 g/mol. The smallest absolute Gasteiger partial charge is 0.229 e.